The van der Waals surface area contributed by atoms with Gasteiger partial charge in [-0.1, -0.05) is 30.3 Å². The molecule has 1 aliphatic heterocycles. The molecule has 2 amide bonds. The van der Waals surface area contributed by atoms with E-state index in [-0.39, 0.29) is 12.1 Å². The fraction of sp³-hybridized carbons (Fsp3) is 0.261. The van der Waals surface area contributed by atoms with Crippen molar-refractivity contribution < 1.29 is 4.79 Å². The average molecular weight is 385 g/mol. The van der Waals surface area contributed by atoms with E-state index in [1.807, 2.05) is 61.7 Å². The van der Waals surface area contributed by atoms with E-state index in [2.05, 4.69) is 26.6 Å². The van der Waals surface area contributed by atoms with Gasteiger partial charge in [-0.2, -0.15) is 5.26 Å². The van der Waals surface area contributed by atoms with E-state index in [1.165, 1.54) is 0 Å². The lowest BCUT2D eigenvalue weighted by Crippen LogP contribution is -2.39. The monoisotopic (exact) mass is 385 g/mol. The van der Waals surface area contributed by atoms with Crippen molar-refractivity contribution in [1.29, 1.82) is 5.26 Å². The maximum Gasteiger partial charge on any atom is 0.319 e. The average Bonchev–Trinajstić information content (AvgIpc) is 3.15. The number of hydrogen-bond acceptors (Lipinski definition) is 4. The number of nitrogens with one attached hydrogen (secondary N) is 2. The molecule has 1 unspecified atom stereocenters. The molecule has 29 heavy (non-hydrogen) atoms. The van der Waals surface area contributed by atoms with Crippen molar-refractivity contribution in [3.8, 4) is 6.07 Å². The van der Waals surface area contributed by atoms with Gasteiger partial charge in [0.1, 0.15) is 0 Å². The van der Waals surface area contributed by atoms with E-state index < -0.39 is 0 Å². The highest BCUT2D eigenvalue weighted by atomic mass is 16.2. The third kappa shape index (κ3) is 4.36. The van der Waals surface area contributed by atoms with Crippen molar-refractivity contribution >= 4 is 22.5 Å². The molecule has 1 aromatic heterocycles. The number of aromatic nitrogens is 1. The van der Waals surface area contributed by atoms with Gasteiger partial charge in [0.05, 0.1) is 17.3 Å². The van der Waals surface area contributed by atoms with Crippen LogP contribution in [0.4, 0.5) is 10.5 Å². The van der Waals surface area contributed by atoms with E-state index in [0.717, 1.165) is 53.8 Å². The minimum Gasteiger partial charge on any atom is -0.334 e. The van der Waals surface area contributed by atoms with Gasteiger partial charge in [-0.15, -0.1) is 0 Å². The standard InChI is InChI=1S/C23H23N5O/c1-16-11-21-18(13-25-16)7-4-8-22(21)27-23(29)26-20-9-10-28(15-20)14-19-6-3-2-5-17(19)12-24/h2-8,11,13,20H,9-10,14-15H2,1H3,(H2,26,27,29). The summed E-state index contributed by atoms with van der Waals surface area (Å²) in [6.45, 7) is 4.32. The topological polar surface area (TPSA) is 81.0 Å². The van der Waals surface area contributed by atoms with Crippen LogP contribution in [0, 0.1) is 18.3 Å². The molecule has 146 valence electrons. The van der Waals surface area contributed by atoms with Gasteiger partial charge in [0.15, 0.2) is 0 Å². The minimum atomic E-state index is -0.198. The number of rotatable bonds is 4. The zero-order valence-electron chi connectivity index (χ0n) is 16.4. The van der Waals surface area contributed by atoms with E-state index in [1.54, 1.807) is 0 Å². The van der Waals surface area contributed by atoms with Crippen molar-refractivity contribution in [2.45, 2.75) is 25.9 Å². The second-order valence-electron chi connectivity index (χ2n) is 7.44. The van der Waals surface area contributed by atoms with Gasteiger partial charge in [0.25, 0.3) is 0 Å². The van der Waals surface area contributed by atoms with E-state index in [0.29, 0.717) is 5.56 Å². The molecule has 0 aliphatic carbocycles. The lowest BCUT2D eigenvalue weighted by molar-refractivity contribution is 0.247. The van der Waals surface area contributed by atoms with Gasteiger partial charge in [-0.3, -0.25) is 9.88 Å². The van der Waals surface area contributed by atoms with Crippen molar-refractivity contribution in [3.05, 3.63) is 71.5 Å². The van der Waals surface area contributed by atoms with Crippen LogP contribution in [0.25, 0.3) is 10.8 Å². The highest BCUT2D eigenvalue weighted by Crippen LogP contribution is 2.23. The first kappa shape index (κ1) is 18.9. The number of nitriles is 1. The number of amides is 2. The molecule has 3 aromatic rings. The number of carbonyl (C=O) groups excluding carboxylic acids is 1. The van der Waals surface area contributed by atoms with Gasteiger partial charge >= 0.3 is 6.03 Å². The fourth-order valence-corrected chi connectivity index (χ4v) is 3.83. The van der Waals surface area contributed by atoms with Gasteiger partial charge < -0.3 is 10.6 Å². The molecule has 1 fully saturated rings. The maximum absolute atomic E-state index is 12.6. The number of carbonyl (C=O) groups is 1. The Hall–Kier alpha value is -3.43. The Morgan fingerprint density at radius 2 is 2.14 bits per heavy atom. The molecular weight excluding hydrogens is 362 g/mol. The van der Waals surface area contributed by atoms with Crippen LogP contribution in [0.5, 0.6) is 0 Å². The Bertz CT molecular complexity index is 1090. The zero-order chi connectivity index (χ0) is 20.2. The molecule has 0 radical (unpaired) electrons. The number of hydrogen-bond donors (Lipinski definition) is 2. The molecule has 6 nitrogen and oxygen atoms in total. The number of fused-ring (bicyclic) bond motifs is 1. The summed E-state index contributed by atoms with van der Waals surface area (Å²) in [5.41, 5.74) is 3.43. The third-order valence-electron chi connectivity index (χ3n) is 5.29. The van der Waals surface area contributed by atoms with Crippen molar-refractivity contribution in [2.75, 3.05) is 18.4 Å². The normalized spacial score (nSPS) is 16.5. The van der Waals surface area contributed by atoms with Crippen molar-refractivity contribution in [1.82, 2.24) is 15.2 Å². The summed E-state index contributed by atoms with van der Waals surface area (Å²) in [4.78, 5) is 19.1. The summed E-state index contributed by atoms with van der Waals surface area (Å²) in [7, 11) is 0. The summed E-state index contributed by atoms with van der Waals surface area (Å²) in [5, 5.41) is 17.3. The molecule has 1 atom stereocenters. The molecular formula is C23H23N5O. The summed E-state index contributed by atoms with van der Waals surface area (Å²) < 4.78 is 0. The quantitative estimate of drug-likeness (QED) is 0.716. The summed E-state index contributed by atoms with van der Waals surface area (Å²) >= 11 is 0. The van der Waals surface area contributed by atoms with Crippen molar-refractivity contribution in [3.63, 3.8) is 0 Å². The van der Waals surface area contributed by atoms with Crippen LogP contribution in [0.1, 0.15) is 23.2 Å². The lowest BCUT2D eigenvalue weighted by atomic mass is 10.1. The van der Waals surface area contributed by atoms with Crippen molar-refractivity contribution in [2.24, 2.45) is 0 Å². The van der Waals surface area contributed by atoms with E-state index in [4.69, 9.17) is 0 Å². The smallest absolute Gasteiger partial charge is 0.319 e. The first-order chi connectivity index (χ1) is 14.1. The summed E-state index contributed by atoms with van der Waals surface area (Å²) in [6.07, 6.45) is 2.71. The molecule has 0 bridgehead atoms. The number of likely N-dealkylation sites (tertiary alicyclic amines) is 1. The first-order valence-corrected chi connectivity index (χ1v) is 9.75. The molecule has 2 aromatic carbocycles. The van der Waals surface area contributed by atoms with E-state index >= 15 is 0 Å². The minimum absolute atomic E-state index is 0.0858. The Labute approximate surface area is 170 Å². The predicted molar refractivity (Wildman–Crippen MR) is 113 cm³/mol. The predicted octanol–water partition coefficient (Wildman–Crippen LogP) is 3.81. The van der Waals surface area contributed by atoms with Gasteiger partial charge in [-0.25, -0.2) is 4.79 Å². The molecule has 4 rings (SSSR count). The number of anilines is 1. The maximum atomic E-state index is 12.6. The van der Waals surface area contributed by atoms with Crippen LogP contribution >= 0.6 is 0 Å². The Balaban J connectivity index is 1.37. The molecule has 0 spiro atoms. The first-order valence-electron chi connectivity index (χ1n) is 9.75. The SMILES string of the molecule is Cc1cc2c(NC(=O)NC3CCN(Cc4ccccc4C#N)C3)cccc2cn1. The Morgan fingerprint density at radius 3 is 3.00 bits per heavy atom. The molecule has 2 N–H and O–H groups in total. The lowest BCUT2D eigenvalue weighted by Gasteiger charge is -2.18. The van der Waals surface area contributed by atoms with Gasteiger partial charge in [-0.05, 0) is 37.1 Å². The zero-order valence-corrected chi connectivity index (χ0v) is 16.4. The highest BCUT2D eigenvalue weighted by molar-refractivity contribution is 6.01. The number of urea groups is 1. The fourth-order valence-electron chi connectivity index (χ4n) is 3.83. The number of aryl methyl sites for hydroxylation is 1. The van der Waals surface area contributed by atoms with Crippen LogP contribution in [0.2, 0.25) is 0 Å². The summed E-state index contributed by atoms with van der Waals surface area (Å²) in [6, 6.07) is 17.6. The van der Waals surface area contributed by atoms with Crippen LogP contribution in [-0.4, -0.2) is 35.0 Å². The number of pyridine rings is 1. The van der Waals surface area contributed by atoms with Gasteiger partial charge in [0, 0.05) is 48.3 Å². The molecule has 2 heterocycles. The molecule has 1 aliphatic rings. The van der Waals surface area contributed by atoms with Crippen LogP contribution in [0.15, 0.2) is 54.7 Å². The summed E-state index contributed by atoms with van der Waals surface area (Å²) in [5.74, 6) is 0. The third-order valence-corrected chi connectivity index (χ3v) is 5.29. The van der Waals surface area contributed by atoms with Crippen LogP contribution in [0.3, 0.4) is 0 Å². The Kier molecular flexibility index (Phi) is 5.41. The van der Waals surface area contributed by atoms with Crippen LogP contribution in [-0.2, 0) is 6.54 Å². The van der Waals surface area contributed by atoms with Crippen LogP contribution < -0.4 is 10.6 Å². The molecule has 6 heteroatoms. The highest BCUT2D eigenvalue weighted by Gasteiger charge is 2.24. The molecule has 1 saturated heterocycles. The second-order valence-corrected chi connectivity index (χ2v) is 7.44. The number of benzene rings is 2. The Morgan fingerprint density at radius 1 is 1.28 bits per heavy atom. The largest absolute Gasteiger partial charge is 0.334 e. The second kappa shape index (κ2) is 8.29. The van der Waals surface area contributed by atoms with E-state index in [9.17, 15) is 10.1 Å². The number of nitrogens with zero attached hydrogens (tertiary/aromatic N) is 3. The molecule has 0 saturated carbocycles. The van der Waals surface area contributed by atoms with Gasteiger partial charge in [0.2, 0.25) is 0 Å².